The highest BCUT2D eigenvalue weighted by atomic mass is 19.4. The summed E-state index contributed by atoms with van der Waals surface area (Å²) in [6, 6.07) is 0.871. The Morgan fingerprint density at radius 2 is 1.90 bits per heavy atom. The average molecular weight is 430 g/mol. The molecule has 1 aliphatic carbocycles. The van der Waals surface area contributed by atoms with Crippen LogP contribution in [0.2, 0.25) is 0 Å². The van der Waals surface area contributed by atoms with Crippen LogP contribution in [0.25, 0.3) is 10.9 Å². The molecule has 2 heterocycles. The van der Waals surface area contributed by atoms with Crippen molar-refractivity contribution in [2.45, 2.75) is 31.5 Å². The highest BCUT2D eigenvalue weighted by Crippen LogP contribution is 2.45. The first-order valence-electron chi connectivity index (χ1n) is 9.71. The summed E-state index contributed by atoms with van der Waals surface area (Å²) >= 11 is 0. The first-order chi connectivity index (χ1) is 14.1. The molecule has 7 nitrogen and oxygen atoms in total. The van der Waals surface area contributed by atoms with Crippen LogP contribution in [0.15, 0.2) is 15.7 Å². The summed E-state index contributed by atoms with van der Waals surface area (Å²) in [6.45, 7) is 0.0884. The van der Waals surface area contributed by atoms with Gasteiger partial charge in [-0.05, 0) is 37.3 Å². The molecule has 1 saturated carbocycles. The average Bonchev–Trinajstić information content (AvgIpc) is 3.41. The van der Waals surface area contributed by atoms with Crippen LogP contribution >= 0.6 is 0 Å². The maximum absolute atomic E-state index is 15.1. The molecule has 4 rings (SSSR count). The van der Waals surface area contributed by atoms with Crippen molar-refractivity contribution in [3.8, 4) is 5.75 Å². The molecule has 1 aliphatic heterocycles. The van der Waals surface area contributed by atoms with Crippen LogP contribution in [0.3, 0.4) is 0 Å². The summed E-state index contributed by atoms with van der Waals surface area (Å²) in [7, 11) is 1.28. The molecule has 1 saturated heterocycles. The smallest absolute Gasteiger partial charge is 0.389 e. The van der Waals surface area contributed by atoms with Crippen molar-refractivity contribution in [1.82, 2.24) is 9.55 Å². The van der Waals surface area contributed by atoms with Gasteiger partial charge < -0.3 is 15.4 Å². The number of halogens is 4. The van der Waals surface area contributed by atoms with Crippen LogP contribution in [-0.4, -0.2) is 42.5 Å². The molecule has 2 unspecified atom stereocenters. The summed E-state index contributed by atoms with van der Waals surface area (Å²) in [5.74, 6) is -2.09. The van der Waals surface area contributed by atoms with Gasteiger partial charge in [-0.25, -0.2) is 9.18 Å². The van der Waals surface area contributed by atoms with E-state index in [1.54, 1.807) is 0 Å². The molecule has 2 fully saturated rings. The predicted molar refractivity (Wildman–Crippen MR) is 103 cm³/mol. The van der Waals surface area contributed by atoms with Gasteiger partial charge in [-0.1, -0.05) is 0 Å². The molecule has 2 atom stereocenters. The van der Waals surface area contributed by atoms with Gasteiger partial charge in [0.05, 0.1) is 12.5 Å². The molecule has 164 valence electrons. The summed E-state index contributed by atoms with van der Waals surface area (Å²) in [5.41, 5.74) is 4.43. The van der Waals surface area contributed by atoms with Gasteiger partial charge in [-0.15, -0.1) is 0 Å². The lowest BCUT2D eigenvalue weighted by Gasteiger charge is -2.24. The molecule has 0 spiro atoms. The van der Waals surface area contributed by atoms with E-state index in [1.165, 1.54) is 16.6 Å². The van der Waals surface area contributed by atoms with Crippen molar-refractivity contribution in [1.29, 1.82) is 0 Å². The number of hydrogen-bond acceptors (Lipinski definition) is 5. The summed E-state index contributed by atoms with van der Waals surface area (Å²) in [4.78, 5) is 28.4. The molecule has 1 aromatic heterocycles. The first kappa shape index (κ1) is 20.7. The number of aromatic amines is 1. The number of nitrogens with two attached hydrogens (primary N) is 1. The fourth-order valence-corrected chi connectivity index (χ4v) is 4.43. The van der Waals surface area contributed by atoms with E-state index in [2.05, 4.69) is 4.98 Å². The van der Waals surface area contributed by atoms with E-state index in [9.17, 15) is 22.8 Å². The second-order valence-corrected chi connectivity index (χ2v) is 7.98. The number of nitrogens with zero attached hydrogens (tertiary/aromatic N) is 2. The van der Waals surface area contributed by atoms with Crippen LogP contribution in [-0.2, 0) is 0 Å². The van der Waals surface area contributed by atoms with Crippen LogP contribution in [0.1, 0.15) is 25.3 Å². The fourth-order valence-electron chi connectivity index (χ4n) is 4.43. The van der Waals surface area contributed by atoms with Gasteiger partial charge in [0.2, 0.25) is 0 Å². The lowest BCUT2D eigenvalue weighted by atomic mass is 9.93. The standard InChI is InChI=1S/C19H22F4N4O3/c1-30-16-14-12(17(28)25-18(29)27(14)11-2-3-11)4-13(20)15(16)26-7-9(5-19(21,22)23)10(6-24)8-26/h4,9-11H,2-3,5-8,24H2,1H3,(H,25,28,29). The van der Waals surface area contributed by atoms with Crippen LogP contribution in [0.4, 0.5) is 23.2 Å². The summed E-state index contributed by atoms with van der Waals surface area (Å²) in [5, 5.41) is -0.0407. The third-order valence-corrected chi connectivity index (χ3v) is 5.91. The van der Waals surface area contributed by atoms with Gasteiger partial charge in [0, 0.05) is 25.6 Å². The normalized spacial score (nSPS) is 22.1. The molecule has 2 aromatic rings. The fraction of sp³-hybridized carbons (Fsp3) is 0.579. The lowest BCUT2D eigenvalue weighted by Crippen LogP contribution is -2.31. The zero-order valence-electron chi connectivity index (χ0n) is 16.3. The first-order valence-corrected chi connectivity index (χ1v) is 9.71. The van der Waals surface area contributed by atoms with Gasteiger partial charge in [0.15, 0.2) is 11.6 Å². The minimum atomic E-state index is -4.36. The zero-order chi connectivity index (χ0) is 21.8. The van der Waals surface area contributed by atoms with Crippen LogP contribution in [0, 0.1) is 17.7 Å². The van der Waals surface area contributed by atoms with Crippen molar-refractivity contribution in [2.75, 3.05) is 31.6 Å². The number of nitrogens with one attached hydrogen (secondary N) is 1. The third-order valence-electron chi connectivity index (χ3n) is 5.91. The molecule has 0 bridgehead atoms. The van der Waals surface area contributed by atoms with Crippen molar-refractivity contribution in [3.05, 3.63) is 32.7 Å². The van der Waals surface area contributed by atoms with Gasteiger partial charge in [0.1, 0.15) is 11.2 Å². The third kappa shape index (κ3) is 3.55. The summed E-state index contributed by atoms with van der Waals surface area (Å²) in [6.07, 6.45) is -3.93. The molecule has 0 radical (unpaired) electrons. The number of fused-ring (bicyclic) bond motifs is 1. The SMILES string of the molecule is COc1c(N2CC(CN)C(CC(F)(F)F)C2)c(F)cc2c(=O)[nH]c(=O)n(C3CC3)c12. The maximum Gasteiger partial charge on any atom is 0.389 e. The monoisotopic (exact) mass is 430 g/mol. The number of rotatable bonds is 5. The second kappa shape index (κ2) is 7.29. The van der Waals surface area contributed by atoms with Crippen molar-refractivity contribution in [2.24, 2.45) is 17.6 Å². The van der Waals surface area contributed by atoms with E-state index in [4.69, 9.17) is 10.5 Å². The quantitative estimate of drug-likeness (QED) is 0.709. The largest absolute Gasteiger partial charge is 0.492 e. The molecule has 2 aliphatic rings. The van der Waals surface area contributed by atoms with E-state index in [0.717, 1.165) is 18.9 Å². The Morgan fingerprint density at radius 3 is 2.47 bits per heavy atom. The number of anilines is 1. The molecular formula is C19H22F4N4O3. The Balaban J connectivity index is 1.88. The van der Waals surface area contributed by atoms with Gasteiger partial charge in [0.25, 0.3) is 5.56 Å². The van der Waals surface area contributed by atoms with E-state index in [0.29, 0.717) is 0 Å². The van der Waals surface area contributed by atoms with Gasteiger partial charge >= 0.3 is 11.9 Å². The van der Waals surface area contributed by atoms with Crippen molar-refractivity contribution < 1.29 is 22.3 Å². The number of H-pyrrole nitrogens is 1. The minimum absolute atomic E-state index is 0.0245. The van der Waals surface area contributed by atoms with Crippen LogP contribution in [0.5, 0.6) is 5.75 Å². The molecular weight excluding hydrogens is 408 g/mol. The minimum Gasteiger partial charge on any atom is -0.492 e. The topological polar surface area (TPSA) is 93.3 Å². The molecule has 11 heteroatoms. The number of alkyl halides is 3. The van der Waals surface area contributed by atoms with Crippen molar-refractivity contribution in [3.63, 3.8) is 0 Å². The Labute approximate surface area is 168 Å². The van der Waals surface area contributed by atoms with E-state index < -0.39 is 41.5 Å². The number of ether oxygens (including phenoxy) is 1. The Bertz CT molecular complexity index is 1090. The van der Waals surface area contributed by atoms with E-state index in [1.807, 2.05) is 0 Å². The molecule has 30 heavy (non-hydrogen) atoms. The second-order valence-electron chi connectivity index (χ2n) is 7.98. The van der Waals surface area contributed by atoms with E-state index >= 15 is 4.39 Å². The maximum atomic E-state index is 15.1. The highest BCUT2D eigenvalue weighted by Gasteiger charge is 2.42. The zero-order valence-corrected chi connectivity index (χ0v) is 16.3. The van der Waals surface area contributed by atoms with E-state index in [-0.39, 0.29) is 48.0 Å². The number of benzene rings is 1. The lowest BCUT2D eigenvalue weighted by molar-refractivity contribution is -0.145. The Hall–Kier alpha value is -2.56. The molecule has 3 N–H and O–H groups in total. The highest BCUT2D eigenvalue weighted by molar-refractivity contribution is 5.91. The van der Waals surface area contributed by atoms with Gasteiger partial charge in [-0.2, -0.15) is 13.2 Å². The summed E-state index contributed by atoms with van der Waals surface area (Å²) < 4.78 is 60.9. The van der Waals surface area contributed by atoms with Crippen molar-refractivity contribution >= 4 is 16.6 Å². The molecule has 1 aromatic carbocycles. The number of hydrogen-bond donors (Lipinski definition) is 2. The Kier molecular flexibility index (Phi) is 5.03. The number of aromatic nitrogens is 2. The molecule has 0 amide bonds. The predicted octanol–water partition coefficient (Wildman–Crippen LogP) is 2.14. The van der Waals surface area contributed by atoms with Gasteiger partial charge in [-0.3, -0.25) is 14.3 Å². The van der Waals surface area contributed by atoms with Crippen LogP contribution < -0.4 is 26.6 Å². The number of methoxy groups -OCH3 is 1. The Morgan fingerprint density at radius 1 is 1.23 bits per heavy atom.